The highest BCUT2D eigenvalue weighted by atomic mass is 32.2. The summed E-state index contributed by atoms with van der Waals surface area (Å²) in [4.78, 5) is 10.5. The van der Waals surface area contributed by atoms with E-state index in [1.165, 1.54) is 4.31 Å². The van der Waals surface area contributed by atoms with E-state index >= 15 is 0 Å². The molecule has 0 aliphatic carbocycles. The average molecular weight is 496 g/mol. The van der Waals surface area contributed by atoms with Crippen molar-refractivity contribution in [3.8, 4) is 0 Å². The first-order valence-corrected chi connectivity index (χ1v) is 12.8. The lowest BCUT2D eigenvalue weighted by Crippen LogP contribution is -2.28. The third-order valence-electron chi connectivity index (χ3n) is 5.91. The maximum atomic E-state index is 14.9. The molecule has 1 aliphatic rings. The van der Waals surface area contributed by atoms with E-state index in [1.54, 1.807) is 29.3 Å². The molecule has 0 atom stereocenters. The highest BCUT2D eigenvalue weighted by Crippen LogP contribution is 2.35. The highest BCUT2D eigenvalue weighted by molar-refractivity contribution is 7.89. The predicted octanol–water partition coefficient (Wildman–Crippen LogP) is 4.55. The Kier molecular flexibility index (Phi) is 5.89. The second-order valence-corrected chi connectivity index (χ2v) is 10.8. The molecule has 0 fully saturated rings. The third kappa shape index (κ3) is 4.21. The first kappa shape index (κ1) is 23.2. The van der Waals surface area contributed by atoms with E-state index in [2.05, 4.69) is 25.5 Å². The van der Waals surface area contributed by atoms with Gasteiger partial charge < -0.3 is 10.2 Å². The minimum absolute atomic E-state index is 0.107. The van der Waals surface area contributed by atoms with E-state index in [1.807, 2.05) is 39.0 Å². The van der Waals surface area contributed by atoms with Crippen molar-refractivity contribution in [3.05, 3.63) is 60.2 Å². The smallest absolute Gasteiger partial charge is 0.243 e. The number of aromatic amines is 1. The lowest BCUT2D eigenvalue weighted by atomic mass is 10.2. The summed E-state index contributed by atoms with van der Waals surface area (Å²) in [6.45, 7) is 7.16. The van der Waals surface area contributed by atoms with Gasteiger partial charge in [-0.1, -0.05) is 26.0 Å². The number of aromatic nitrogens is 4. The van der Waals surface area contributed by atoms with E-state index in [0.717, 1.165) is 28.4 Å². The van der Waals surface area contributed by atoms with Crippen LogP contribution in [-0.2, 0) is 16.6 Å². The van der Waals surface area contributed by atoms with Crippen molar-refractivity contribution < 1.29 is 12.8 Å². The number of fused-ring (bicyclic) bond motifs is 2. The number of hydrogen-bond donors (Lipinski definition) is 2. The van der Waals surface area contributed by atoms with Crippen molar-refractivity contribution in [1.29, 1.82) is 0 Å². The van der Waals surface area contributed by atoms with Crippen LogP contribution in [0, 0.1) is 11.7 Å². The molecule has 3 heterocycles. The fraction of sp³-hybridized carbons (Fsp3) is 0.292. The largest absolute Gasteiger partial charge is 0.324 e. The Morgan fingerprint density at radius 2 is 2.06 bits per heavy atom. The van der Waals surface area contributed by atoms with E-state index in [4.69, 9.17) is 0 Å². The van der Waals surface area contributed by atoms with Crippen molar-refractivity contribution in [2.75, 3.05) is 23.3 Å². The number of hydrogen-bond acceptors (Lipinski definition) is 7. The van der Waals surface area contributed by atoms with Gasteiger partial charge in [0.2, 0.25) is 16.0 Å². The zero-order chi connectivity index (χ0) is 24.7. The number of nitrogens with zero attached hydrogens (tertiary/aromatic N) is 5. The molecule has 4 aromatic rings. The van der Waals surface area contributed by atoms with Gasteiger partial charge in [-0.05, 0) is 42.7 Å². The zero-order valence-corrected chi connectivity index (χ0v) is 20.5. The fourth-order valence-corrected chi connectivity index (χ4v) is 6.17. The van der Waals surface area contributed by atoms with E-state index in [9.17, 15) is 12.8 Å². The van der Waals surface area contributed by atoms with Gasteiger partial charge in [0.15, 0.2) is 11.6 Å². The Labute approximate surface area is 203 Å². The summed E-state index contributed by atoms with van der Waals surface area (Å²) >= 11 is 0. The molecular weight excluding hydrogens is 469 g/mol. The average Bonchev–Trinajstić information content (AvgIpc) is 3.39. The Morgan fingerprint density at radius 3 is 2.83 bits per heavy atom. The van der Waals surface area contributed by atoms with Crippen molar-refractivity contribution in [3.63, 3.8) is 0 Å². The van der Waals surface area contributed by atoms with Crippen molar-refractivity contribution >= 4 is 44.1 Å². The van der Waals surface area contributed by atoms with Crippen molar-refractivity contribution in [1.82, 2.24) is 24.5 Å². The van der Waals surface area contributed by atoms with E-state index < -0.39 is 15.8 Å². The minimum Gasteiger partial charge on any atom is -0.324 e. The normalized spacial score (nSPS) is 15.0. The number of benzene rings is 2. The monoisotopic (exact) mass is 495 g/mol. The number of halogens is 1. The lowest BCUT2D eigenvalue weighted by Gasteiger charge is -2.23. The molecule has 5 rings (SSSR count). The quantitative estimate of drug-likeness (QED) is 0.387. The van der Waals surface area contributed by atoms with E-state index in [-0.39, 0.29) is 22.6 Å². The van der Waals surface area contributed by atoms with Crippen LogP contribution in [0.4, 0.5) is 27.5 Å². The maximum absolute atomic E-state index is 14.9. The Balaban J connectivity index is 1.46. The molecule has 2 aromatic heterocycles. The summed E-state index contributed by atoms with van der Waals surface area (Å²) in [6.07, 6.45) is 2.80. The SMILES string of the molecule is CCN(c1nc(Nc2ccc3c(c2)S(=O)(=O)N(CC(C)C)C3)ncc1F)c1cccc2[nH]ncc12. The highest BCUT2D eigenvalue weighted by Gasteiger charge is 2.35. The molecule has 2 N–H and O–H groups in total. The van der Waals surface area contributed by atoms with Gasteiger partial charge >= 0.3 is 0 Å². The standard InChI is InChI=1S/C24H26FN7O2S/c1-4-32(21-7-5-6-20-18(21)11-27-30-20)23-19(25)12-26-24(29-23)28-17-9-8-16-14-31(13-15(2)3)35(33,34)22(16)10-17/h5-12,15H,4,13-14H2,1-3H3,(H,27,30)(H,26,28,29). The number of rotatable bonds is 7. The molecule has 0 spiro atoms. The Morgan fingerprint density at radius 1 is 1.23 bits per heavy atom. The lowest BCUT2D eigenvalue weighted by molar-refractivity contribution is 0.376. The first-order chi connectivity index (χ1) is 16.8. The van der Waals surface area contributed by atoms with Crippen LogP contribution in [0.3, 0.4) is 0 Å². The molecule has 0 unspecified atom stereocenters. The molecule has 0 saturated carbocycles. The van der Waals surface area contributed by atoms with Gasteiger partial charge in [-0.3, -0.25) is 5.10 Å². The molecule has 2 aromatic carbocycles. The molecule has 0 radical (unpaired) electrons. The molecule has 1 aliphatic heterocycles. The minimum atomic E-state index is -3.56. The summed E-state index contributed by atoms with van der Waals surface area (Å²) in [5, 5.41) is 10.9. The first-order valence-electron chi connectivity index (χ1n) is 11.4. The third-order valence-corrected chi connectivity index (χ3v) is 7.80. The van der Waals surface area contributed by atoms with Gasteiger partial charge in [0, 0.05) is 30.7 Å². The second-order valence-electron chi connectivity index (χ2n) is 8.86. The molecule has 35 heavy (non-hydrogen) atoms. The van der Waals surface area contributed by atoms with Crippen LogP contribution in [0.15, 0.2) is 53.7 Å². The van der Waals surface area contributed by atoms with Gasteiger partial charge in [0.25, 0.3) is 0 Å². The fourth-order valence-electron chi connectivity index (χ4n) is 4.35. The second kappa shape index (κ2) is 8.90. The number of sulfonamides is 1. The number of anilines is 4. The molecule has 0 amide bonds. The van der Waals surface area contributed by atoms with Crippen LogP contribution in [-0.4, -0.2) is 46.0 Å². The summed E-state index contributed by atoms with van der Waals surface area (Å²) in [6, 6.07) is 10.8. The van der Waals surface area contributed by atoms with Crippen LogP contribution in [0.25, 0.3) is 10.9 Å². The van der Waals surface area contributed by atoms with Gasteiger partial charge in [-0.2, -0.15) is 14.4 Å². The maximum Gasteiger partial charge on any atom is 0.243 e. The number of nitrogens with one attached hydrogen (secondary N) is 2. The van der Waals surface area contributed by atoms with Crippen LogP contribution in [0.1, 0.15) is 26.3 Å². The van der Waals surface area contributed by atoms with Gasteiger partial charge in [0.05, 0.1) is 28.5 Å². The number of H-pyrrole nitrogens is 1. The van der Waals surface area contributed by atoms with Gasteiger partial charge in [-0.15, -0.1) is 0 Å². The summed E-state index contributed by atoms with van der Waals surface area (Å²) in [7, 11) is -3.56. The topological polar surface area (TPSA) is 107 Å². The summed E-state index contributed by atoms with van der Waals surface area (Å²) in [5.41, 5.74) is 2.86. The molecule has 0 saturated heterocycles. The Bertz CT molecular complexity index is 1500. The molecule has 9 nitrogen and oxygen atoms in total. The summed E-state index contributed by atoms with van der Waals surface area (Å²) in [5.74, 6) is -0.0833. The van der Waals surface area contributed by atoms with Gasteiger partial charge in [-0.25, -0.2) is 17.8 Å². The predicted molar refractivity (Wildman–Crippen MR) is 133 cm³/mol. The van der Waals surface area contributed by atoms with Crippen molar-refractivity contribution in [2.24, 2.45) is 5.92 Å². The van der Waals surface area contributed by atoms with Crippen LogP contribution >= 0.6 is 0 Å². The summed E-state index contributed by atoms with van der Waals surface area (Å²) < 4.78 is 42.4. The Hall–Kier alpha value is -3.57. The van der Waals surface area contributed by atoms with Gasteiger partial charge in [0.1, 0.15) is 0 Å². The van der Waals surface area contributed by atoms with E-state index in [0.29, 0.717) is 25.3 Å². The van der Waals surface area contributed by atoms with Crippen LogP contribution in [0.5, 0.6) is 0 Å². The zero-order valence-electron chi connectivity index (χ0n) is 19.7. The van der Waals surface area contributed by atoms with Crippen molar-refractivity contribution in [2.45, 2.75) is 32.2 Å². The van der Waals surface area contributed by atoms with Crippen LogP contribution in [0.2, 0.25) is 0 Å². The molecule has 182 valence electrons. The molecular formula is C24H26FN7O2S. The molecule has 0 bridgehead atoms. The van der Waals surface area contributed by atoms with Crippen LogP contribution < -0.4 is 10.2 Å². The molecule has 11 heteroatoms.